The summed E-state index contributed by atoms with van der Waals surface area (Å²) in [4.78, 5) is 23.3. The van der Waals surface area contributed by atoms with Crippen molar-refractivity contribution in [1.29, 1.82) is 0 Å². The van der Waals surface area contributed by atoms with Crippen LogP contribution in [0.1, 0.15) is 25.8 Å². The molecule has 3 aromatic rings. The number of rotatable bonds is 4. The highest BCUT2D eigenvalue weighted by molar-refractivity contribution is 7.26. The summed E-state index contributed by atoms with van der Waals surface area (Å²) in [5.74, 6) is 0.380. The normalized spacial score (nSPS) is 10.8. The molecule has 128 valence electrons. The van der Waals surface area contributed by atoms with E-state index in [4.69, 9.17) is 9.47 Å². The molecule has 0 radical (unpaired) electrons. The summed E-state index contributed by atoms with van der Waals surface area (Å²) in [6, 6.07) is 9.34. The largest absolute Gasteiger partial charge is 0.426 e. The van der Waals surface area contributed by atoms with Crippen LogP contribution in [-0.4, -0.2) is 11.9 Å². The van der Waals surface area contributed by atoms with Gasteiger partial charge in [-0.2, -0.15) is 0 Å². The maximum absolute atomic E-state index is 11.7. The van der Waals surface area contributed by atoms with Crippen molar-refractivity contribution in [3.8, 4) is 11.5 Å². The molecule has 0 spiro atoms. The van der Waals surface area contributed by atoms with Crippen LogP contribution >= 0.6 is 11.3 Å². The van der Waals surface area contributed by atoms with Gasteiger partial charge in [-0.1, -0.05) is 13.5 Å². The Bertz CT molecular complexity index is 1010. The lowest BCUT2D eigenvalue weighted by Crippen LogP contribution is -2.07. The second-order valence-corrected chi connectivity index (χ2v) is 6.88. The van der Waals surface area contributed by atoms with E-state index in [-0.39, 0.29) is 5.97 Å². The molecule has 0 aliphatic heterocycles. The molecule has 3 rings (SSSR count). The Kier molecular flexibility index (Phi) is 4.59. The van der Waals surface area contributed by atoms with E-state index >= 15 is 0 Å². The van der Waals surface area contributed by atoms with Crippen molar-refractivity contribution >= 4 is 43.4 Å². The van der Waals surface area contributed by atoms with Crippen molar-refractivity contribution in [3.05, 3.63) is 48.0 Å². The van der Waals surface area contributed by atoms with Crippen LogP contribution in [0.4, 0.5) is 0 Å². The highest BCUT2D eigenvalue weighted by Crippen LogP contribution is 2.40. The van der Waals surface area contributed by atoms with Gasteiger partial charge < -0.3 is 9.47 Å². The second kappa shape index (κ2) is 6.69. The fourth-order valence-corrected chi connectivity index (χ4v) is 3.72. The molecule has 25 heavy (non-hydrogen) atoms. The first kappa shape index (κ1) is 17.2. The molecule has 0 unspecified atom stereocenters. The smallest absolute Gasteiger partial charge is 0.338 e. The number of benzene rings is 2. The maximum atomic E-state index is 11.7. The zero-order valence-electron chi connectivity index (χ0n) is 14.3. The molecular weight excluding hydrogens is 336 g/mol. The molecule has 0 saturated carbocycles. The summed E-state index contributed by atoms with van der Waals surface area (Å²) in [6.45, 7) is 8.91. The van der Waals surface area contributed by atoms with Crippen molar-refractivity contribution in [2.45, 2.75) is 27.2 Å². The maximum Gasteiger partial charge on any atom is 0.338 e. The SMILES string of the molecule is C=C(C)C(=O)Oc1ccc2c(c1)sc1c(C)c(OC(=O)CC)ccc12. The lowest BCUT2D eigenvalue weighted by Gasteiger charge is -2.07. The number of carbonyl (C=O) groups is 2. The molecule has 0 bridgehead atoms. The first-order valence-corrected chi connectivity index (χ1v) is 8.76. The number of aryl methyl sites for hydroxylation is 1. The van der Waals surface area contributed by atoms with Gasteiger partial charge in [-0.15, -0.1) is 11.3 Å². The molecule has 0 saturated heterocycles. The van der Waals surface area contributed by atoms with Crippen LogP contribution in [0.3, 0.4) is 0 Å². The monoisotopic (exact) mass is 354 g/mol. The number of hydrogen-bond donors (Lipinski definition) is 0. The molecule has 2 aromatic carbocycles. The lowest BCUT2D eigenvalue weighted by atomic mass is 10.1. The molecule has 0 amide bonds. The number of fused-ring (bicyclic) bond motifs is 3. The molecule has 4 nitrogen and oxygen atoms in total. The van der Waals surface area contributed by atoms with Crippen LogP contribution in [0.15, 0.2) is 42.5 Å². The van der Waals surface area contributed by atoms with Gasteiger partial charge >= 0.3 is 11.9 Å². The van der Waals surface area contributed by atoms with Crippen LogP contribution in [0.2, 0.25) is 0 Å². The molecule has 0 atom stereocenters. The third-order valence-electron chi connectivity index (χ3n) is 3.88. The molecule has 0 fully saturated rings. The number of esters is 2. The van der Waals surface area contributed by atoms with E-state index in [0.29, 0.717) is 23.5 Å². The Hall–Kier alpha value is -2.66. The second-order valence-electron chi connectivity index (χ2n) is 5.82. The van der Waals surface area contributed by atoms with Crippen LogP contribution < -0.4 is 9.47 Å². The minimum atomic E-state index is -0.439. The number of thiophene rings is 1. The Labute approximate surface area is 149 Å². The highest BCUT2D eigenvalue weighted by Gasteiger charge is 2.14. The fraction of sp³-hybridized carbons (Fsp3) is 0.200. The van der Waals surface area contributed by atoms with Crippen molar-refractivity contribution in [1.82, 2.24) is 0 Å². The van der Waals surface area contributed by atoms with E-state index in [9.17, 15) is 9.59 Å². The third kappa shape index (κ3) is 3.28. The van der Waals surface area contributed by atoms with Gasteiger partial charge in [-0.05, 0) is 44.2 Å². The van der Waals surface area contributed by atoms with Crippen molar-refractivity contribution in [2.75, 3.05) is 0 Å². The predicted molar refractivity (Wildman–Crippen MR) is 100 cm³/mol. The van der Waals surface area contributed by atoms with Crippen molar-refractivity contribution < 1.29 is 19.1 Å². The molecule has 0 aliphatic rings. The van der Waals surface area contributed by atoms with Gasteiger partial charge in [0.15, 0.2) is 0 Å². The lowest BCUT2D eigenvalue weighted by molar-refractivity contribution is -0.134. The summed E-state index contributed by atoms with van der Waals surface area (Å²) in [5, 5.41) is 2.16. The van der Waals surface area contributed by atoms with Gasteiger partial charge in [-0.3, -0.25) is 4.79 Å². The molecule has 0 N–H and O–H groups in total. The first-order chi connectivity index (χ1) is 11.9. The zero-order valence-corrected chi connectivity index (χ0v) is 15.2. The average Bonchev–Trinajstić information content (AvgIpc) is 2.95. The van der Waals surface area contributed by atoms with E-state index in [1.54, 1.807) is 31.3 Å². The Morgan fingerprint density at radius 2 is 1.84 bits per heavy atom. The summed E-state index contributed by atoms with van der Waals surface area (Å²) < 4.78 is 12.7. The first-order valence-electron chi connectivity index (χ1n) is 7.95. The number of carbonyl (C=O) groups excluding carboxylic acids is 2. The topological polar surface area (TPSA) is 52.6 Å². The zero-order chi connectivity index (χ0) is 18.1. The molecule has 1 aromatic heterocycles. The number of hydrogen-bond acceptors (Lipinski definition) is 5. The summed E-state index contributed by atoms with van der Waals surface area (Å²) in [6.07, 6.45) is 0.335. The van der Waals surface area contributed by atoms with Gasteiger partial charge in [0.05, 0.1) is 0 Å². The van der Waals surface area contributed by atoms with Gasteiger partial charge in [-0.25, -0.2) is 4.79 Å². The van der Waals surface area contributed by atoms with Crippen LogP contribution in [-0.2, 0) is 9.59 Å². The Morgan fingerprint density at radius 3 is 2.52 bits per heavy atom. The minimum absolute atomic E-state index is 0.252. The van der Waals surface area contributed by atoms with Gasteiger partial charge in [0.25, 0.3) is 0 Å². The molecule has 5 heteroatoms. The highest BCUT2D eigenvalue weighted by atomic mass is 32.1. The predicted octanol–water partition coefficient (Wildman–Crippen LogP) is 5.16. The number of ether oxygens (including phenoxy) is 2. The molecule has 1 heterocycles. The average molecular weight is 354 g/mol. The van der Waals surface area contributed by atoms with E-state index < -0.39 is 5.97 Å². The summed E-state index contributed by atoms with van der Waals surface area (Å²) in [7, 11) is 0. The van der Waals surface area contributed by atoms with Crippen LogP contribution in [0.5, 0.6) is 11.5 Å². The Balaban J connectivity index is 2.06. The van der Waals surface area contributed by atoms with Crippen LogP contribution in [0.25, 0.3) is 20.2 Å². The van der Waals surface area contributed by atoms with Crippen molar-refractivity contribution in [2.24, 2.45) is 0 Å². The van der Waals surface area contributed by atoms with Gasteiger partial charge in [0.2, 0.25) is 0 Å². The molecular formula is C20H18O4S. The summed E-state index contributed by atoms with van der Waals surface area (Å²) in [5.41, 5.74) is 1.29. The standard InChI is InChI=1S/C20H18O4S/c1-5-18(21)24-16-9-8-15-14-7-6-13(23-20(22)11(2)3)10-17(14)25-19(15)12(16)4/h6-10H,2,5H2,1,3-4H3. The van der Waals surface area contributed by atoms with Crippen molar-refractivity contribution in [3.63, 3.8) is 0 Å². The summed E-state index contributed by atoms with van der Waals surface area (Å²) >= 11 is 1.58. The minimum Gasteiger partial charge on any atom is -0.426 e. The van der Waals surface area contributed by atoms with Gasteiger partial charge in [0.1, 0.15) is 11.5 Å². The Morgan fingerprint density at radius 1 is 1.12 bits per heavy atom. The van der Waals surface area contributed by atoms with Gasteiger partial charge in [0, 0.05) is 37.7 Å². The quantitative estimate of drug-likeness (QED) is 0.369. The third-order valence-corrected chi connectivity index (χ3v) is 5.17. The van der Waals surface area contributed by atoms with E-state index in [2.05, 4.69) is 6.58 Å². The van der Waals surface area contributed by atoms with Crippen LogP contribution in [0, 0.1) is 6.92 Å². The molecule has 0 aliphatic carbocycles. The van der Waals surface area contributed by atoms with E-state index in [1.165, 1.54) is 0 Å². The van der Waals surface area contributed by atoms with E-state index in [1.807, 2.05) is 31.2 Å². The fourth-order valence-electron chi connectivity index (χ4n) is 2.50. The van der Waals surface area contributed by atoms with E-state index in [0.717, 1.165) is 25.7 Å².